The largest absolute Gasteiger partial charge is 0.324 e. The zero-order valence-electron chi connectivity index (χ0n) is 6.39. The first kappa shape index (κ1) is 8.37. The average molecular weight is 171 g/mol. The molecule has 11 heavy (non-hydrogen) atoms. The predicted octanol–water partition coefficient (Wildman–Crippen LogP) is 2.02. The van der Waals surface area contributed by atoms with Crippen molar-refractivity contribution in [3.05, 3.63) is 29.3 Å². The number of benzene rings is 1. The van der Waals surface area contributed by atoms with Crippen molar-refractivity contribution >= 4 is 17.3 Å². The smallest absolute Gasteiger partial charge is 0.0529 e. The highest BCUT2D eigenvalue weighted by molar-refractivity contribution is 6.17. The van der Waals surface area contributed by atoms with E-state index in [9.17, 15) is 0 Å². The SMILES string of the molecule is Cc1ccc(NN)c(CCl)c1. The molecule has 2 nitrogen and oxygen atoms in total. The molecule has 60 valence electrons. The van der Waals surface area contributed by atoms with Gasteiger partial charge in [-0.3, -0.25) is 5.84 Å². The minimum Gasteiger partial charge on any atom is -0.324 e. The highest BCUT2D eigenvalue weighted by Gasteiger charge is 1.98. The third-order valence-corrected chi connectivity index (χ3v) is 1.85. The first-order valence-corrected chi connectivity index (χ1v) is 3.93. The lowest BCUT2D eigenvalue weighted by molar-refractivity contribution is 1.27. The van der Waals surface area contributed by atoms with Gasteiger partial charge in [-0.05, 0) is 18.6 Å². The maximum atomic E-state index is 5.69. The highest BCUT2D eigenvalue weighted by Crippen LogP contribution is 2.17. The Bertz CT molecular complexity index is 248. The average Bonchev–Trinajstić information content (AvgIpc) is 2.04. The van der Waals surface area contributed by atoms with Crippen molar-refractivity contribution in [1.29, 1.82) is 0 Å². The molecule has 0 aliphatic heterocycles. The maximum absolute atomic E-state index is 5.69. The molecular formula is C8H11ClN2. The van der Waals surface area contributed by atoms with Gasteiger partial charge in [-0.25, -0.2) is 0 Å². The summed E-state index contributed by atoms with van der Waals surface area (Å²) in [6, 6.07) is 5.93. The predicted molar refractivity (Wildman–Crippen MR) is 48.5 cm³/mol. The Labute approximate surface area is 71.3 Å². The fourth-order valence-electron chi connectivity index (χ4n) is 0.974. The zero-order valence-corrected chi connectivity index (χ0v) is 7.15. The van der Waals surface area contributed by atoms with Crippen molar-refractivity contribution in [3.63, 3.8) is 0 Å². The van der Waals surface area contributed by atoms with Gasteiger partial charge >= 0.3 is 0 Å². The molecule has 3 heteroatoms. The van der Waals surface area contributed by atoms with E-state index in [4.69, 9.17) is 17.4 Å². The Balaban J connectivity index is 3.06. The molecule has 0 aromatic heterocycles. The second-order valence-electron chi connectivity index (χ2n) is 2.44. The van der Waals surface area contributed by atoms with Crippen LogP contribution >= 0.6 is 11.6 Å². The second-order valence-corrected chi connectivity index (χ2v) is 2.71. The number of aryl methyl sites for hydroxylation is 1. The van der Waals surface area contributed by atoms with Gasteiger partial charge in [0.05, 0.1) is 5.69 Å². The van der Waals surface area contributed by atoms with E-state index in [2.05, 4.69) is 5.43 Å². The number of halogens is 1. The van der Waals surface area contributed by atoms with Crippen molar-refractivity contribution in [3.8, 4) is 0 Å². The third-order valence-electron chi connectivity index (χ3n) is 1.56. The normalized spacial score (nSPS) is 9.73. The van der Waals surface area contributed by atoms with E-state index < -0.39 is 0 Å². The number of nitrogens with one attached hydrogen (secondary N) is 1. The van der Waals surface area contributed by atoms with Gasteiger partial charge in [-0.15, -0.1) is 11.6 Å². The van der Waals surface area contributed by atoms with Crippen LogP contribution in [-0.4, -0.2) is 0 Å². The molecule has 0 spiro atoms. The number of hydrogen-bond acceptors (Lipinski definition) is 2. The molecule has 3 N–H and O–H groups in total. The van der Waals surface area contributed by atoms with Gasteiger partial charge in [0.2, 0.25) is 0 Å². The quantitative estimate of drug-likeness (QED) is 0.405. The van der Waals surface area contributed by atoms with E-state index in [-0.39, 0.29) is 0 Å². The number of hydrazine groups is 1. The van der Waals surface area contributed by atoms with Crippen LogP contribution < -0.4 is 11.3 Å². The molecular weight excluding hydrogens is 160 g/mol. The summed E-state index contributed by atoms with van der Waals surface area (Å²) in [7, 11) is 0. The van der Waals surface area contributed by atoms with Gasteiger partial charge in [-0.2, -0.15) is 0 Å². The van der Waals surface area contributed by atoms with Crippen LogP contribution in [0.5, 0.6) is 0 Å². The van der Waals surface area contributed by atoms with Crippen LogP contribution in [0.2, 0.25) is 0 Å². The van der Waals surface area contributed by atoms with E-state index in [0.717, 1.165) is 11.3 Å². The maximum Gasteiger partial charge on any atom is 0.0529 e. The summed E-state index contributed by atoms with van der Waals surface area (Å²) < 4.78 is 0. The fourth-order valence-corrected chi connectivity index (χ4v) is 1.19. The molecule has 0 radical (unpaired) electrons. The van der Waals surface area contributed by atoms with Gasteiger partial charge in [0, 0.05) is 5.88 Å². The second kappa shape index (κ2) is 3.60. The lowest BCUT2D eigenvalue weighted by Crippen LogP contribution is -2.08. The van der Waals surface area contributed by atoms with Crippen LogP contribution in [0.15, 0.2) is 18.2 Å². The van der Waals surface area contributed by atoms with Gasteiger partial charge < -0.3 is 5.43 Å². The Morgan fingerprint density at radius 1 is 1.55 bits per heavy atom. The van der Waals surface area contributed by atoms with Crippen LogP contribution in [-0.2, 0) is 5.88 Å². The summed E-state index contributed by atoms with van der Waals surface area (Å²) in [5.74, 6) is 5.75. The fraction of sp³-hybridized carbons (Fsp3) is 0.250. The number of anilines is 1. The van der Waals surface area contributed by atoms with Gasteiger partial charge in [0.15, 0.2) is 0 Å². The number of nitrogen functional groups attached to an aromatic ring is 1. The van der Waals surface area contributed by atoms with Crippen LogP contribution in [0.4, 0.5) is 5.69 Å². The first-order chi connectivity index (χ1) is 5.27. The van der Waals surface area contributed by atoms with Crippen molar-refractivity contribution in [2.24, 2.45) is 5.84 Å². The summed E-state index contributed by atoms with van der Waals surface area (Å²) in [6.45, 7) is 2.02. The molecule has 0 unspecified atom stereocenters. The summed E-state index contributed by atoms with van der Waals surface area (Å²) in [4.78, 5) is 0. The molecule has 0 aliphatic carbocycles. The number of nitrogens with two attached hydrogens (primary N) is 1. The summed E-state index contributed by atoms with van der Waals surface area (Å²) in [5.41, 5.74) is 5.71. The van der Waals surface area contributed by atoms with E-state index >= 15 is 0 Å². The first-order valence-electron chi connectivity index (χ1n) is 3.40. The molecule has 1 rings (SSSR count). The molecule has 0 aliphatic rings. The van der Waals surface area contributed by atoms with E-state index in [1.54, 1.807) is 0 Å². The molecule has 0 heterocycles. The lowest BCUT2D eigenvalue weighted by Gasteiger charge is -2.05. The highest BCUT2D eigenvalue weighted by atomic mass is 35.5. The minimum absolute atomic E-state index is 0.487. The summed E-state index contributed by atoms with van der Waals surface area (Å²) in [5, 5.41) is 0. The number of alkyl halides is 1. The third kappa shape index (κ3) is 1.85. The molecule has 0 bridgehead atoms. The molecule has 0 fully saturated rings. The van der Waals surface area contributed by atoms with Crippen LogP contribution in [0.25, 0.3) is 0 Å². The van der Waals surface area contributed by atoms with Crippen molar-refractivity contribution < 1.29 is 0 Å². The topological polar surface area (TPSA) is 38.0 Å². The van der Waals surface area contributed by atoms with Gasteiger partial charge in [-0.1, -0.05) is 17.7 Å². The summed E-state index contributed by atoms with van der Waals surface area (Å²) in [6.07, 6.45) is 0. The Morgan fingerprint density at radius 3 is 2.82 bits per heavy atom. The van der Waals surface area contributed by atoms with Crippen LogP contribution in [0.1, 0.15) is 11.1 Å². The number of hydrogen-bond donors (Lipinski definition) is 2. The van der Waals surface area contributed by atoms with E-state index in [1.807, 2.05) is 25.1 Å². The van der Waals surface area contributed by atoms with Gasteiger partial charge in [0.1, 0.15) is 0 Å². The lowest BCUT2D eigenvalue weighted by atomic mass is 10.1. The van der Waals surface area contributed by atoms with Crippen molar-refractivity contribution in [1.82, 2.24) is 0 Å². The summed E-state index contributed by atoms with van der Waals surface area (Å²) >= 11 is 5.69. The standard InChI is InChI=1S/C8H11ClN2/c1-6-2-3-8(11-10)7(4-6)5-9/h2-4,11H,5,10H2,1H3. The Kier molecular flexibility index (Phi) is 2.74. The van der Waals surface area contributed by atoms with Crippen LogP contribution in [0.3, 0.4) is 0 Å². The molecule has 0 atom stereocenters. The molecule has 1 aromatic rings. The molecule has 0 amide bonds. The number of rotatable bonds is 2. The van der Waals surface area contributed by atoms with Crippen molar-refractivity contribution in [2.75, 3.05) is 5.43 Å². The molecule has 0 saturated carbocycles. The zero-order chi connectivity index (χ0) is 8.27. The Hall–Kier alpha value is -0.730. The van der Waals surface area contributed by atoms with Crippen molar-refractivity contribution in [2.45, 2.75) is 12.8 Å². The molecule has 1 aromatic carbocycles. The van der Waals surface area contributed by atoms with E-state index in [0.29, 0.717) is 5.88 Å². The molecule has 0 saturated heterocycles. The Morgan fingerprint density at radius 2 is 2.27 bits per heavy atom. The minimum atomic E-state index is 0.487. The monoisotopic (exact) mass is 170 g/mol. The van der Waals surface area contributed by atoms with Crippen LogP contribution in [0, 0.1) is 6.92 Å². The van der Waals surface area contributed by atoms with Gasteiger partial charge in [0.25, 0.3) is 0 Å². The van der Waals surface area contributed by atoms with E-state index in [1.165, 1.54) is 5.56 Å².